The number of nitrogens with one attached hydrogen (secondary N) is 1. The summed E-state index contributed by atoms with van der Waals surface area (Å²) in [7, 11) is 1.60. The molecule has 0 amide bonds. The Kier molecular flexibility index (Phi) is 4.77. The molecule has 6 nitrogen and oxygen atoms in total. The molecule has 0 aliphatic carbocycles. The van der Waals surface area contributed by atoms with Crippen molar-refractivity contribution in [1.82, 2.24) is 14.9 Å². The first-order valence-corrected chi connectivity index (χ1v) is 8.13. The van der Waals surface area contributed by atoms with Gasteiger partial charge >= 0.3 is 0 Å². The molecule has 0 saturated heterocycles. The highest BCUT2D eigenvalue weighted by molar-refractivity contribution is 9.10. The van der Waals surface area contributed by atoms with E-state index in [1.165, 1.54) is 10.9 Å². The number of hydrogen-bond donors (Lipinski definition) is 2. The molecule has 0 aliphatic heterocycles. The smallest absolute Gasteiger partial charge is 0.216 e. The fourth-order valence-corrected chi connectivity index (χ4v) is 2.65. The van der Waals surface area contributed by atoms with E-state index in [1.54, 1.807) is 25.3 Å². The quantitative estimate of drug-likeness (QED) is 0.509. The van der Waals surface area contributed by atoms with Gasteiger partial charge in [0.15, 0.2) is 5.82 Å². The van der Waals surface area contributed by atoms with Gasteiger partial charge in [0.25, 0.3) is 0 Å². The van der Waals surface area contributed by atoms with Gasteiger partial charge in [-0.2, -0.15) is 14.9 Å². The van der Waals surface area contributed by atoms with Crippen LogP contribution in [0.5, 0.6) is 11.5 Å². The van der Waals surface area contributed by atoms with Crippen molar-refractivity contribution in [1.29, 1.82) is 0 Å². The number of halogens is 1. The van der Waals surface area contributed by atoms with Crippen molar-refractivity contribution in [2.75, 3.05) is 7.11 Å². The number of phenolic OH excluding ortho intramolecular Hbond substituents is 1. The standard InChI is InChI=1S/C16H13BrN4O2S/c1-23-13-4-2-3-10(8-13)15-19-20-16(24)21(15)18-9-11-7-12(17)5-6-14(11)22/h2-9,22H,1H3,(H,20,24). The van der Waals surface area contributed by atoms with Crippen LogP contribution in [0.3, 0.4) is 0 Å². The minimum absolute atomic E-state index is 0.125. The lowest BCUT2D eigenvalue weighted by atomic mass is 10.2. The minimum Gasteiger partial charge on any atom is -0.507 e. The number of aromatic hydroxyl groups is 1. The number of phenols is 1. The number of benzene rings is 2. The van der Waals surface area contributed by atoms with Crippen molar-refractivity contribution in [3.8, 4) is 22.9 Å². The average molecular weight is 405 g/mol. The zero-order valence-corrected chi connectivity index (χ0v) is 15.0. The number of H-pyrrole nitrogens is 1. The van der Waals surface area contributed by atoms with Crippen LogP contribution in [0.1, 0.15) is 5.56 Å². The molecule has 3 rings (SSSR count). The molecular weight excluding hydrogens is 392 g/mol. The van der Waals surface area contributed by atoms with Crippen molar-refractivity contribution < 1.29 is 9.84 Å². The highest BCUT2D eigenvalue weighted by atomic mass is 79.9. The summed E-state index contributed by atoms with van der Waals surface area (Å²) in [5.74, 6) is 1.38. The third kappa shape index (κ3) is 3.39. The largest absolute Gasteiger partial charge is 0.507 e. The highest BCUT2D eigenvalue weighted by Crippen LogP contribution is 2.23. The van der Waals surface area contributed by atoms with E-state index >= 15 is 0 Å². The van der Waals surface area contributed by atoms with Crippen LogP contribution in [0.25, 0.3) is 11.4 Å². The molecule has 24 heavy (non-hydrogen) atoms. The fraction of sp³-hybridized carbons (Fsp3) is 0.0625. The Balaban J connectivity index is 2.03. The molecule has 1 aromatic heterocycles. The van der Waals surface area contributed by atoms with E-state index in [-0.39, 0.29) is 5.75 Å². The topological polar surface area (TPSA) is 75.4 Å². The van der Waals surface area contributed by atoms with E-state index < -0.39 is 0 Å². The van der Waals surface area contributed by atoms with E-state index in [2.05, 4.69) is 31.2 Å². The van der Waals surface area contributed by atoms with Gasteiger partial charge in [-0.15, -0.1) is 0 Å². The lowest BCUT2D eigenvalue weighted by molar-refractivity contribution is 0.415. The van der Waals surface area contributed by atoms with Crippen LogP contribution in [0.4, 0.5) is 0 Å². The number of ether oxygens (including phenoxy) is 1. The number of methoxy groups -OCH3 is 1. The zero-order valence-electron chi connectivity index (χ0n) is 12.6. The van der Waals surface area contributed by atoms with Gasteiger partial charge in [-0.1, -0.05) is 28.1 Å². The van der Waals surface area contributed by atoms with Crippen LogP contribution in [-0.2, 0) is 0 Å². The Morgan fingerprint density at radius 2 is 2.17 bits per heavy atom. The molecule has 0 unspecified atom stereocenters. The van der Waals surface area contributed by atoms with Gasteiger partial charge in [0.05, 0.1) is 13.3 Å². The number of aromatic nitrogens is 3. The van der Waals surface area contributed by atoms with E-state index in [0.29, 0.717) is 21.9 Å². The maximum Gasteiger partial charge on any atom is 0.216 e. The molecule has 1 heterocycles. The molecule has 0 fully saturated rings. The van der Waals surface area contributed by atoms with Crippen LogP contribution >= 0.6 is 28.1 Å². The summed E-state index contributed by atoms with van der Waals surface area (Å²) in [5, 5.41) is 21.2. The van der Waals surface area contributed by atoms with Gasteiger partial charge in [-0.25, -0.2) is 5.10 Å². The number of nitrogens with zero attached hydrogens (tertiary/aromatic N) is 3. The van der Waals surface area contributed by atoms with E-state index in [4.69, 9.17) is 17.0 Å². The zero-order chi connectivity index (χ0) is 17.1. The first-order chi connectivity index (χ1) is 11.6. The van der Waals surface area contributed by atoms with Crippen LogP contribution in [-0.4, -0.2) is 33.3 Å². The first kappa shape index (κ1) is 16.4. The molecule has 8 heteroatoms. The molecule has 0 saturated carbocycles. The fourth-order valence-electron chi connectivity index (χ4n) is 2.10. The summed E-state index contributed by atoms with van der Waals surface area (Å²) in [6, 6.07) is 12.5. The van der Waals surface area contributed by atoms with E-state index in [0.717, 1.165) is 10.0 Å². The van der Waals surface area contributed by atoms with Crippen LogP contribution in [0.15, 0.2) is 52.0 Å². The summed E-state index contributed by atoms with van der Waals surface area (Å²) in [6.07, 6.45) is 1.52. The van der Waals surface area contributed by atoms with Crippen molar-refractivity contribution in [3.63, 3.8) is 0 Å². The third-order valence-electron chi connectivity index (χ3n) is 3.28. The Morgan fingerprint density at radius 1 is 1.33 bits per heavy atom. The molecule has 0 atom stereocenters. The Bertz CT molecular complexity index is 965. The molecule has 0 aliphatic rings. The average Bonchev–Trinajstić information content (AvgIpc) is 2.96. The van der Waals surface area contributed by atoms with Crippen LogP contribution in [0, 0.1) is 4.77 Å². The highest BCUT2D eigenvalue weighted by Gasteiger charge is 2.09. The van der Waals surface area contributed by atoms with Crippen molar-refractivity contribution in [2.45, 2.75) is 0 Å². The molecule has 2 aromatic carbocycles. The maximum absolute atomic E-state index is 9.90. The second-order valence-corrected chi connectivity index (χ2v) is 6.15. The number of rotatable bonds is 4. The summed E-state index contributed by atoms with van der Waals surface area (Å²) in [4.78, 5) is 0. The van der Waals surface area contributed by atoms with Gasteiger partial charge in [-0.3, -0.25) is 0 Å². The SMILES string of the molecule is COc1cccc(-c2n[nH]c(=S)n2N=Cc2cc(Br)ccc2O)c1. The molecular formula is C16H13BrN4O2S. The lowest BCUT2D eigenvalue weighted by Gasteiger charge is -2.04. The summed E-state index contributed by atoms with van der Waals surface area (Å²) >= 11 is 8.60. The Hall–Kier alpha value is -2.45. The molecule has 122 valence electrons. The normalized spacial score (nSPS) is 11.1. The van der Waals surface area contributed by atoms with Crippen molar-refractivity contribution in [2.24, 2.45) is 5.10 Å². The van der Waals surface area contributed by atoms with Gasteiger partial charge in [0, 0.05) is 15.6 Å². The van der Waals surface area contributed by atoms with Crippen molar-refractivity contribution in [3.05, 3.63) is 57.3 Å². The molecule has 0 spiro atoms. The first-order valence-electron chi connectivity index (χ1n) is 6.93. The van der Waals surface area contributed by atoms with E-state index in [1.807, 2.05) is 24.3 Å². The van der Waals surface area contributed by atoms with E-state index in [9.17, 15) is 5.11 Å². The Labute approximate surface area is 151 Å². The molecule has 0 bridgehead atoms. The van der Waals surface area contributed by atoms with Gasteiger partial charge < -0.3 is 9.84 Å². The molecule has 3 aromatic rings. The predicted octanol–water partition coefficient (Wildman–Crippen LogP) is 3.97. The van der Waals surface area contributed by atoms with Crippen molar-refractivity contribution >= 4 is 34.4 Å². The van der Waals surface area contributed by atoms with Gasteiger partial charge in [0.1, 0.15) is 11.5 Å². The van der Waals surface area contributed by atoms with Gasteiger partial charge in [0.2, 0.25) is 4.77 Å². The third-order valence-corrected chi connectivity index (χ3v) is 4.04. The summed E-state index contributed by atoms with van der Waals surface area (Å²) in [5.41, 5.74) is 1.36. The predicted molar refractivity (Wildman–Crippen MR) is 98.2 cm³/mol. The lowest BCUT2D eigenvalue weighted by Crippen LogP contribution is -1.95. The molecule has 0 radical (unpaired) electrons. The second kappa shape index (κ2) is 6.98. The van der Waals surface area contributed by atoms with Crippen LogP contribution in [0.2, 0.25) is 0 Å². The maximum atomic E-state index is 9.90. The molecule has 2 N–H and O–H groups in total. The number of aromatic amines is 1. The summed E-state index contributed by atoms with van der Waals surface area (Å²) < 4.78 is 7.91. The Morgan fingerprint density at radius 3 is 2.96 bits per heavy atom. The monoisotopic (exact) mass is 404 g/mol. The second-order valence-electron chi connectivity index (χ2n) is 4.84. The van der Waals surface area contributed by atoms with Gasteiger partial charge in [-0.05, 0) is 42.5 Å². The summed E-state index contributed by atoms with van der Waals surface area (Å²) in [6.45, 7) is 0. The number of hydrogen-bond acceptors (Lipinski definition) is 5. The minimum atomic E-state index is 0.125. The van der Waals surface area contributed by atoms with Crippen LogP contribution < -0.4 is 4.74 Å².